The molecule has 0 spiro atoms. The van der Waals surface area contributed by atoms with Crippen LogP contribution in [0, 0.1) is 0 Å². The summed E-state index contributed by atoms with van der Waals surface area (Å²) < 4.78 is 11.1. The summed E-state index contributed by atoms with van der Waals surface area (Å²) in [5.41, 5.74) is 0.547. The molecule has 2 heterocycles. The van der Waals surface area contributed by atoms with Crippen LogP contribution in [0.5, 0.6) is 0 Å². The summed E-state index contributed by atoms with van der Waals surface area (Å²) in [6.07, 6.45) is 17.9. The Bertz CT molecular complexity index is 758. The van der Waals surface area contributed by atoms with Crippen LogP contribution in [0.15, 0.2) is 11.6 Å². The summed E-state index contributed by atoms with van der Waals surface area (Å²) >= 11 is 0. The zero-order valence-corrected chi connectivity index (χ0v) is 27.2. The third-order valence-electron chi connectivity index (χ3n) is 9.16. The van der Waals surface area contributed by atoms with Gasteiger partial charge in [-0.15, -0.1) is 0 Å². The molecular formula is C35H64O8. The van der Waals surface area contributed by atoms with E-state index in [4.69, 9.17) is 9.47 Å². The van der Waals surface area contributed by atoms with Gasteiger partial charge < -0.3 is 35.0 Å². The quantitative estimate of drug-likeness (QED) is 0.0590. The molecule has 0 amide bonds. The zero-order valence-electron chi connectivity index (χ0n) is 27.2. The van der Waals surface area contributed by atoms with Crippen molar-refractivity contribution >= 4 is 5.97 Å². The van der Waals surface area contributed by atoms with E-state index in [1.807, 2.05) is 0 Å². The van der Waals surface area contributed by atoms with Crippen LogP contribution >= 0.6 is 0 Å². The first-order chi connectivity index (χ1) is 20.7. The maximum Gasteiger partial charge on any atom is 0.334 e. The molecular weight excluding hydrogens is 548 g/mol. The first-order valence-corrected chi connectivity index (χ1v) is 17.7. The molecule has 8 atom stereocenters. The highest BCUT2D eigenvalue weighted by atomic mass is 16.5. The van der Waals surface area contributed by atoms with E-state index < -0.39 is 30.5 Å². The van der Waals surface area contributed by atoms with Crippen molar-refractivity contribution < 1.29 is 39.8 Å². The lowest BCUT2D eigenvalue weighted by Gasteiger charge is -2.23. The van der Waals surface area contributed by atoms with E-state index in [-0.39, 0.29) is 30.7 Å². The van der Waals surface area contributed by atoms with Crippen LogP contribution in [-0.2, 0) is 14.3 Å². The molecule has 5 N–H and O–H groups in total. The summed E-state index contributed by atoms with van der Waals surface area (Å²) in [6, 6.07) is 0. The number of hydrogen-bond acceptors (Lipinski definition) is 8. The van der Waals surface area contributed by atoms with Crippen molar-refractivity contribution in [1.82, 2.24) is 0 Å². The monoisotopic (exact) mass is 612 g/mol. The molecule has 0 aliphatic carbocycles. The Kier molecular flexibility index (Phi) is 19.9. The molecule has 0 bridgehead atoms. The van der Waals surface area contributed by atoms with Crippen molar-refractivity contribution in [3.63, 3.8) is 0 Å². The van der Waals surface area contributed by atoms with Crippen LogP contribution in [0.4, 0.5) is 0 Å². The molecule has 8 nitrogen and oxygen atoms in total. The molecule has 1 saturated heterocycles. The van der Waals surface area contributed by atoms with Gasteiger partial charge in [-0.05, 0) is 64.4 Å². The van der Waals surface area contributed by atoms with E-state index in [0.717, 1.165) is 51.4 Å². The van der Waals surface area contributed by atoms with Crippen LogP contribution in [0.1, 0.15) is 155 Å². The molecule has 0 aromatic rings. The lowest BCUT2D eigenvalue weighted by molar-refractivity contribution is -0.139. The normalized spacial score (nSPS) is 24.0. The minimum absolute atomic E-state index is 0.217. The molecule has 0 aromatic carbocycles. The number of carbonyl (C=O) groups excluding carboxylic acids is 1. The average molecular weight is 613 g/mol. The van der Waals surface area contributed by atoms with Crippen molar-refractivity contribution in [2.24, 2.45) is 0 Å². The summed E-state index contributed by atoms with van der Waals surface area (Å²) in [5.74, 6) is -0.339. The van der Waals surface area contributed by atoms with Crippen LogP contribution in [-0.4, -0.2) is 80.3 Å². The van der Waals surface area contributed by atoms with Gasteiger partial charge in [0.25, 0.3) is 0 Å². The van der Waals surface area contributed by atoms with E-state index in [0.29, 0.717) is 37.7 Å². The molecule has 0 radical (unpaired) electrons. The van der Waals surface area contributed by atoms with Gasteiger partial charge in [-0.25, -0.2) is 4.79 Å². The van der Waals surface area contributed by atoms with Gasteiger partial charge in [-0.2, -0.15) is 0 Å². The minimum atomic E-state index is -0.688. The standard InChI is InChI=1S/C35H64O8/c1-3-4-5-6-7-8-9-10-11-15-18-31(39)33-21-22-34(43-33)32(40)20-19-30(38)25-29(37)17-14-12-13-16-28(36)24-27-23-26(2)42-35(27)41/h23,26,28-34,36-40H,3-22,24-25H2,1-2H3/t26-,28+,29?,30?,31+,32+,33+,34+/m0/s1. The van der Waals surface area contributed by atoms with E-state index in [1.165, 1.54) is 51.4 Å². The van der Waals surface area contributed by atoms with Gasteiger partial charge in [0.1, 0.15) is 6.10 Å². The van der Waals surface area contributed by atoms with Crippen LogP contribution in [0.2, 0.25) is 0 Å². The van der Waals surface area contributed by atoms with Crippen molar-refractivity contribution in [2.75, 3.05) is 0 Å². The Morgan fingerprint density at radius 3 is 1.74 bits per heavy atom. The second-order valence-electron chi connectivity index (χ2n) is 13.3. The number of ether oxygens (including phenoxy) is 2. The Hall–Kier alpha value is -1.03. The predicted octanol–water partition coefficient (Wildman–Crippen LogP) is 6.03. The largest absolute Gasteiger partial charge is 0.455 e. The molecule has 43 heavy (non-hydrogen) atoms. The Labute approximate surface area is 261 Å². The Morgan fingerprint density at radius 2 is 1.16 bits per heavy atom. The van der Waals surface area contributed by atoms with Crippen molar-refractivity contribution in [1.29, 1.82) is 0 Å². The first kappa shape index (κ1) is 38.2. The molecule has 2 unspecified atom stereocenters. The van der Waals surface area contributed by atoms with Gasteiger partial charge in [0.05, 0.1) is 42.7 Å². The van der Waals surface area contributed by atoms with E-state index in [2.05, 4.69) is 6.92 Å². The molecule has 8 heteroatoms. The highest BCUT2D eigenvalue weighted by Gasteiger charge is 2.34. The maximum atomic E-state index is 11.7. The minimum Gasteiger partial charge on any atom is -0.455 e. The van der Waals surface area contributed by atoms with E-state index in [1.54, 1.807) is 13.0 Å². The smallest absolute Gasteiger partial charge is 0.334 e. The fraction of sp³-hybridized carbons (Fsp3) is 0.914. The number of rotatable bonds is 26. The Balaban J connectivity index is 1.46. The Morgan fingerprint density at radius 1 is 0.674 bits per heavy atom. The summed E-state index contributed by atoms with van der Waals surface area (Å²) in [6.45, 7) is 4.04. The van der Waals surface area contributed by atoms with Crippen LogP contribution < -0.4 is 0 Å². The van der Waals surface area contributed by atoms with Crippen molar-refractivity contribution in [3.8, 4) is 0 Å². The molecule has 0 aromatic heterocycles. The number of cyclic esters (lactones) is 1. The summed E-state index contributed by atoms with van der Waals surface area (Å²) in [5, 5.41) is 52.1. The SMILES string of the molecule is CCCCCCCCCCCC[C@@H](O)[C@H]1CC[C@H]([C@H](O)CCC(O)CC(O)CCCCC[C@@H](O)CC2=C[C@H](C)OC2=O)O1. The van der Waals surface area contributed by atoms with Gasteiger partial charge in [-0.1, -0.05) is 90.4 Å². The zero-order chi connectivity index (χ0) is 31.5. The molecule has 0 saturated carbocycles. The average Bonchev–Trinajstić information content (AvgIpc) is 3.58. The van der Waals surface area contributed by atoms with Gasteiger partial charge >= 0.3 is 5.97 Å². The van der Waals surface area contributed by atoms with Gasteiger partial charge in [0.2, 0.25) is 0 Å². The molecule has 2 aliphatic rings. The number of aliphatic hydroxyl groups is 5. The van der Waals surface area contributed by atoms with Crippen molar-refractivity contribution in [3.05, 3.63) is 11.6 Å². The van der Waals surface area contributed by atoms with Gasteiger partial charge in [0.15, 0.2) is 0 Å². The molecule has 252 valence electrons. The second kappa shape index (κ2) is 22.5. The highest BCUT2D eigenvalue weighted by Crippen LogP contribution is 2.28. The lowest BCUT2D eigenvalue weighted by Crippen LogP contribution is -2.31. The van der Waals surface area contributed by atoms with Gasteiger partial charge in [0, 0.05) is 12.0 Å². The van der Waals surface area contributed by atoms with E-state index in [9.17, 15) is 30.3 Å². The third-order valence-corrected chi connectivity index (χ3v) is 9.16. The third kappa shape index (κ3) is 16.7. The lowest BCUT2D eigenvalue weighted by atomic mass is 9.97. The van der Waals surface area contributed by atoms with Crippen molar-refractivity contribution in [2.45, 2.75) is 204 Å². The molecule has 1 fully saturated rings. The fourth-order valence-corrected chi connectivity index (χ4v) is 6.45. The molecule has 2 aliphatic heterocycles. The summed E-state index contributed by atoms with van der Waals surface area (Å²) in [4.78, 5) is 11.7. The van der Waals surface area contributed by atoms with E-state index >= 15 is 0 Å². The first-order valence-electron chi connectivity index (χ1n) is 17.7. The van der Waals surface area contributed by atoms with Crippen LogP contribution in [0.25, 0.3) is 0 Å². The number of aliphatic hydroxyl groups excluding tert-OH is 5. The number of esters is 1. The fourth-order valence-electron chi connectivity index (χ4n) is 6.45. The highest BCUT2D eigenvalue weighted by molar-refractivity contribution is 5.90. The summed E-state index contributed by atoms with van der Waals surface area (Å²) in [7, 11) is 0. The number of carbonyl (C=O) groups is 1. The number of hydrogen-bond donors (Lipinski definition) is 5. The van der Waals surface area contributed by atoms with Crippen LogP contribution in [0.3, 0.4) is 0 Å². The number of unbranched alkanes of at least 4 members (excludes halogenated alkanes) is 11. The topological polar surface area (TPSA) is 137 Å². The molecule has 2 rings (SSSR count). The second-order valence-corrected chi connectivity index (χ2v) is 13.3. The maximum absolute atomic E-state index is 11.7. The van der Waals surface area contributed by atoms with Gasteiger partial charge in [-0.3, -0.25) is 0 Å². The predicted molar refractivity (Wildman–Crippen MR) is 170 cm³/mol.